The van der Waals surface area contributed by atoms with Crippen LogP contribution in [-0.4, -0.2) is 12.1 Å². The number of carbonyl (C=O) groups excluding carboxylic acids is 1. The molecule has 9 unspecified atom stereocenters. The van der Waals surface area contributed by atoms with E-state index in [2.05, 4.69) is 66.7 Å². The van der Waals surface area contributed by atoms with E-state index >= 15 is 0 Å². The Morgan fingerprint density at radius 2 is 1.31 bits per heavy atom. The maximum Gasteiger partial charge on any atom is 0.306 e. The fourth-order valence-corrected chi connectivity index (χ4v) is 12.3. The van der Waals surface area contributed by atoms with Gasteiger partial charge in [-0.2, -0.15) is 0 Å². The summed E-state index contributed by atoms with van der Waals surface area (Å²) in [5, 5.41) is 0. The lowest BCUT2D eigenvalue weighted by Gasteiger charge is -2.58. The van der Waals surface area contributed by atoms with Gasteiger partial charge in [-0.25, -0.2) is 0 Å². The molecule has 0 amide bonds. The molecule has 0 spiro atoms. The highest BCUT2D eigenvalue weighted by Crippen LogP contribution is 2.67. The van der Waals surface area contributed by atoms with E-state index in [4.69, 9.17) is 4.74 Å². The first-order valence-corrected chi connectivity index (χ1v) is 23.7. The van der Waals surface area contributed by atoms with Gasteiger partial charge >= 0.3 is 5.97 Å². The van der Waals surface area contributed by atoms with Crippen LogP contribution in [0.1, 0.15) is 228 Å². The molecular weight excluding hydrogens is 633 g/mol. The molecule has 0 N–H and O–H groups in total. The van der Waals surface area contributed by atoms with Crippen LogP contribution in [0.25, 0.3) is 0 Å². The molecule has 0 aromatic carbocycles. The highest BCUT2D eigenvalue weighted by Gasteiger charge is 2.59. The number of hydrogen-bond donors (Lipinski definition) is 0. The van der Waals surface area contributed by atoms with E-state index in [1.165, 1.54) is 154 Å². The zero-order valence-electron chi connectivity index (χ0n) is 36.0. The van der Waals surface area contributed by atoms with Crippen LogP contribution in [0.2, 0.25) is 0 Å². The summed E-state index contributed by atoms with van der Waals surface area (Å²) in [6.45, 7) is 17.2. The molecule has 0 aromatic heterocycles. The number of fused-ring (bicyclic) bond motifs is 5. The van der Waals surface area contributed by atoms with Crippen LogP contribution in [0.3, 0.4) is 0 Å². The van der Waals surface area contributed by atoms with E-state index in [1.807, 2.05) is 0 Å². The van der Waals surface area contributed by atoms with E-state index < -0.39 is 0 Å². The summed E-state index contributed by atoms with van der Waals surface area (Å²) in [5.41, 5.74) is 2.44. The predicted molar refractivity (Wildman–Crippen MR) is 225 cm³/mol. The third kappa shape index (κ3) is 12.2. The van der Waals surface area contributed by atoms with Gasteiger partial charge in [-0.3, -0.25) is 4.79 Å². The summed E-state index contributed by atoms with van der Waals surface area (Å²) in [6, 6.07) is 0. The minimum absolute atomic E-state index is 0.0617. The molecule has 0 aromatic rings. The number of ether oxygens (including phenoxy) is 1. The van der Waals surface area contributed by atoms with Gasteiger partial charge in [0.25, 0.3) is 0 Å². The van der Waals surface area contributed by atoms with Crippen molar-refractivity contribution in [2.75, 3.05) is 0 Å². The molecule has 0 aliphatic heterocycles. The number of rotatable bonds is 25. The van der Waals surface area contributed by atoms with E-state index in [0.717, 1.165) is 48.9 Å². The van der Waals surface area contributed by atoms with Gasteiger partial charge in [0.15, 0.2) is 0 Å². The SMILES string of the molecule is CCCCCCCCCCCCCCCCCCCCC(=O)OC1CCC2(C)C(=CCC3C2CCC2(C)C(C(C)/C=C/C(CC)C(C)C)CCC32)C1. The summed E-state index contributed by atoms with van der Waals surface area (Å²) in [6.07, 6.45) is 44.7. The maximum absolute atomic E-state index is 12.9. The van der Waals surface area contributed by atoms with E-state index in [-0.39, 0.29) is 12.1 Å². The topological polar surface area (TPSA) is 26.3 Å². The molecule has 4 rings (SSSR count). The lowest BCUT2D eigenvalue weighted by Crippen LogP contribution is -2.51. The molecule has 0 radical (unpaired) electrons. The van der Waals surface area contributed by atoms with Gasteiger partial charge < -0.3 is 4.74 Å². The first-order chi connectivity index (χ1) is 25.1. The van der Waals surface area contributed by atoms with Gasteiger partial charge in [0.05, 0.1) is 0 Å². The molecule has 0 bridgehead atoms. The van der Waals surface area contributed by atoms with Crippen molar-refractivity contribution in [3.63, 3.8) is 0 Å². The van der Waals surface area contributed by atoms with Crippen molar-refractivity contribution in [2.24, 2.45) is 52.3 Å². The molecule has 9 atom stereocenters. The van der Waals surface area contributed by atoms with Gasteiger partial charge in [0.2, 0.25) is 0 Å². The molecule has 0 saturated heterocycles. The molecule has 2 heteroatoms. The number of hydrogen-bond acceptors (Lipinski definition) is 2. The number of carbonyl (C=O) groups is 1. The molecule has 300 valence electrons. The third-order valence-corrected chi connectivity index (χ3v) is 15.8. The molecular formula is C50H88O2. The largest absolute Gasteiger partial charge is 0.462 e. The Kier molecular flexibility index (Phi) is 18.9. The Hall–Kier alpha value is -1.05. The zero-order chi connectivity index (χ0) is 37.4. The van der Waals surface area contributed by atoms with Crippen LogP contribution in [-0.2, 0) is 9.53 Å². The van der Waals surface area contributed by atoms with E-state index in [1.54, 1.807) is 5.57 Å². The van der Waals surface area contributed by atoms with Gasteiger partial charge in [-0.15, -0.1) is 0 Å². The summed E-state index contributed by atoms with van der Waals surface area (Å²) in [7, 11) is 0. The Morgan fingerprint density at radius 3 is 1.87 bits per heavy atom. The number of esters is 1. The Balaban J connectivity index is 1.08. The van der Waals surface area contributed by atoms with Crippen LogP contribution in [0.5, 0.6) is 0 Å². The summed E-state index contributed by atoms with van der Waals surface area (Å²) < 4.78 is 6.16. The molecule has 4 aliphatic rings. The predicted octanol–water partition coefficient (Wildman–Crippen LogP) is 15.8. The van der Waals surface area contributed by atoms with E-state index in [0.29, 0.717) is 29.1 Å². The van der Waals surface area contributed by atoms with Crippen molar-refractivity contribution in [3.05, 3.63) is 23.8 Å². The average Bonchev–Trinajstić information content (AvgIpc) is 3.48. The van der Waals surface area contributed by atoms with Crippen molar-refractivity contribution in [2.45, 2.75) is 234 Å². The Labute approximate surface area is 324 Å². The summed E-state index contributed by atoms with van der Waals surface area (Å²) >= 11 is 0. The van der Waals surface area contributed by atoms with Crippen LogP contribution in [0, 0.1) is 52.3 Å². The fraction of sp³-hybridized carbons (Fsp3) is 0.900. The highest BCUT2D eigenvalue weighted by atomic mass is 16.5. The van der Waals surface area contributed by atoms with Crippen LogP contribution in [0.4, 0.5) is 0 Å². The highest BCUT2D eigenvalue weighted by molar-refractivity contribution is 5.69. The molecule has 2 nitrogen and oxygen atoms in total. The first kappa shape index (κ1) is 43.7. The molecule has 4 aliphatic carbocycles. The van der Waals surface area contributed by atoms with Gasteiger partial charge in [-0.1, -0.05) is 181 Å². The smallest absolute Gasteiger partial charge is 0.306 e. The second-order valence-corrected chi connectivity index (χ2v) is 19.7. The molecule has 3 fully saturated rings. The van der Waals surface area contributed by atoms with Crippen LogP contribution >= 0.6 is 0 Å². The minimum atomic E-state index is 0.0617. The standard InChI is InChI=1S/C50H88O2/c1-8-10-11-12-13-14-15-16-17-18-19-20-21-22-23-24-25-26-27-48(51)52-43-34-36-49(6)42(38-43)30-31-44-46-33-32-45(50(46,7)37-35-47(44)49)40(5)28-29-41(9-2)39(3)4/h28-30,39-41,43-47H,8-27,31-38H2,1-7H3/b29-28+. The second kappa shape index (κ2) is 22.5. The van der Waals surface area contributed by atoms with Crippen molar-refractivity contribution < 1.29 is 9.53 Å². The van der Waals surface area contributed by atoms with Crippen molar-refractivity contribution in [3.8, 4) is 0 Å². The molecule has 52 heavy (non-hydrogen) atoms. The number of unbranched alkanes of at least 4 members (excludes halogenated alkanes) is 17. The number of allylic oxidation sites excluding steroid dienone is 3. The normalized spacial score (nSPS) is 31.2. The van der Waals surface area contributed by atoms with Gasteiger partial charge in [0, 0.05) is 12.8 Å². The average molecular weight is 721 g/mol. The van der Waals surface area contributed by atoms with E-state index in [9.17, 15) is 4.79 Å². The Morgan fingerprint density at radius 1 is 0.731 bits per heavy atom. The molecule has 3 saturated carbocycles. The van der Waals surface area contributed by atoms with Crippen LogP contribution in [0.15, 0.2) is 23.8 Å². The zero-order valence-corrected chi connectivity index (χ0v) is 36.0. The monoisotopic (exact) mass is 721 g/mol. The summed E-state index contributed by atoms with van der Waals surface area (Å²) in [4.78, 5) is 12.9. The van der Waals surface area contributed by atoms with Crippen LogP contribution < -0.4 is 0 Å². The third-order valence-electron chi connectivity index (χ3n) is 15.8. The van der Waals surface area contributed by atoms with Gasteiger partial charge in [-0.05, 0) is 110 Å². The van der Waals surface area contributed by atoms with Crippen molar-refractivity contribution in [1.82, 2.24) is 0 Å². The quantitative estimate of drug-likeness (QED) is 0.0533. The lowest BCUT2D eigenvalue weighted by atomic mass is 9.47. The summed E-state index contributed by atoms with van der Waals surface area (Å²) in [5.74, 6) is 5.56. The first-order valence-electron chi connectivity index (χ1n) is 23.7. The van der Waals surface area contributed by atoms with Crippen molar-refractivity contribution in [1.29, 1.82) is 0 Å². The fourth-order valence-electron chi connectivity index (χ4n) is 12.3. The minimum Gasteiger partial charge on any atom is -0.462 e. The van der Waals surface area contributed by atoms with Gasteiger partial charge in [0.1, 0.15) is 6.10 Å². The maximum atomic E-state index is 12.9. The second-order valence-electron chi connectivity index (χ2n) is 19.7. The Bertz CT molecular complexity index is 1070. The molecule has 0 heterocycles. The van der Waals surface area contributed by atoms with Crippen molar-refractivity contribution >= 4 is 5.97 Å². The lowest BCUT2D eigenvalue weighted by molar-refractivity contribution is -0.151.